The molecule has 6 heteroatoms. The molecule has 0 saturated carbocycles. The summed E-state index contributed by atoms with van der Waals surface area (Å²) in [5.41, 5.74) is 6.66. The zero-order chi connectivity index (χ0) is 12.3. The number of aromatic nitrogens is 2. The highest BCUT2D eigenvalue weighted by molar-refractivity contribution is 9.10. The molecule has 0 bridgehead atoms. The summed E-state index contributed by atoms with van der Waals surface area (Å²) in [5, 5.41) is 2.63. The second-order valence-corrected chi connectivity index (χ2v) is 4.05. The number of halogens is 1. The van der Waals surface area contributed by atoms with Crippen molar-refractivity contribution in [3.8, 4) is 0 Å². The summed E-state index contributed by atoms with van der Waals surface area (Å²) in [5.74, 6) is 0.108. The Morgan fingerprint density at radius 3 is 2.88 bits per heavy atom. The molecule has 0 radical (unpaired) electrons. The smallest absolute Gasteiger partial charge is 0.258 e. The highest BCUT2D eigenvalue weighted by Gasteiger charge is 2.12. The number of rotatable bonds is 2. The Labute approximate surface area is 106 Å². The maximum atomic E-state index is 11.9. The quantitative estimate of drug-likeness (QED) is 0.831. The van der Waals surface area contributed by atoms with Crippen LogP contribution >= 0.6 is 15.9 Å². The largest absolute Gasteiger partial charge is 0.398 e. The van der Waals surface area contributed by atoms with E-state index in [9.17, 15) is 4.79 Å². The number of carbonyl (C=O) groups excluding carboxylic acids is 1. The van der Waals surface area contributed by atoms with Crippen LogP contribution in [0.3, 0.4) is 0 Å². The van der Waals surface area contributed by atoms with E-state index < -0.39 is 0 Å². The third-order valence-electron chi connectivity index (χ3n) is 2.08. The van der Waals surface area contributed by atoms with Gasteiger partial charge in [-0.3, -0.25) is 9.78 Å². The predicted octanol–water partition coefficient (Wildman–Crippen LogP) is 2.07. The van der Waals surface area contributed by atoms with Crippen LogP contribution < -0.4 is 11.1 Å². The van der Waals surface area contributed by atoms with Gasteiger partial charge in [0.15, 0.2) is 5.82 Å². The summed E-state index contributed by atoms with van der Waals surface area (Å²) < 4.78 is 0.571. The molecule has 1 aromatic carbocycles. The van der Waals surface area contributed by atoms with Gasteiger partial charge in [-0.05, 0) is 28.1 Å². The van der Waals surface area contributed by atoms with Gasteiger partial charge in [0.25, 0.3) is 5.91 Å². The van der Waals surface area contributed by atoms with Gasteiger partial charge in [0.2, 0.25) is 0 Å². The molecule has 3 N–H and O–H groups in total. The van der Waals surface area contributed by atoms with E-state index in [1.165, 1.54) is 18.6 Å². The summed E-state index contributed by atoms with van der Waals surface area (Å²) >= 11 is 3.27. The maximum absolute atomic E-state index is 11.9. The minimum Gasteiger partial charge on any atom is -0.398 e. The van der Waals surface area contributed by atoms with Gasteiger partial charge >= 0.3 is 0 Å². The van der Waals surface area contributed by atoms with Gasteiger partial charge in [-0.25, -0.2) is 4.98 Å². The molecule has 0 fully saturated rings. The minimum atomic E-state index is -0.287. The van der Waals surface area contributed by atoms with Crippen LogP contribution in [0.15, 0.2) is 41.3 Å². The summed E-state index contributed by atoms with van der Waals surface area (Å²) in [7, 11) is 0. The molecule has 1 aromatic heterocycles. The van der Waals surface area contributed by atoms with Crippen molar-refractivity contribution in [2.75, 3.05) is 11.1 Å². The van der Waals surface area contributed by atoms with E-state index in [4.69, 9.17) is 5.73 Å². The van der Waals surface area contributed by atoms with Crippen LogP contribution in [0.25, 0.3) is 0 Å². The van der Waals surface area contributed by atoms with Gasteiger partial charge in [-0.2, -0.15) is 0 Å². The highest BCUT2D eigenvalue weighted by atomic mass is 79.9. The average molecular weight is 293 g/mol. The number of carbonyl (C=O) groups is 1. The van der Waals surface area contributed by atoms with Gasteiger partial charge < -0.3 is 11.1 Å². The number of benzene rings is 1. The molecule has 5 nitrogen and oxygen atoms in total. The normalized spacial score (nSPS) is 9.94. The molecular formula is C11H9BrN4O. The molecule has 17 heavy (non-hydrogen) atoms. The first-order chi connectivity index (χ1) is 8.18. The lowest BCUT2D eigenvalue weighted by molar-refractivity contribution is 0.102. The minimum absolute atomic E-state index is 0.287. The lowest BCUT2D eigenvalue weighted by atomic mass is 10.2. The van der Waals surface area contributed by atoms with Crippen LogP contribution in [0.4, 0.5) is 11.5 Å². The van der Waals surface area contributed by atoms with Crippen molar-refractivity contribution >= 4 is 33.3 Å². The fourth-order valence-electron chi connectivity index (χ4n) is 1.27. The lowest BCUT2D eigenvalue weighted by Gasteiger charge is -2.07. The molecule has 0 saturated heterocycles. The van der Waals surface area contributed by atoms with Crippen LogP contribution in [0, 0.1) is 0 Å². The molecule has 0 aliphatic carbocycles. The first-order valence-electron chi connectivity index (χ1n) is 4.80. The summed E-state index contributed by atoms with van der Waals surface area (Å²) in [6.07, 6.45) is 4.51. The number of hydrogen-bond acceptors (Lipinski definition) is 4. The Hall–Kier alpha value is -1.95. The van der Waals surface area contributed by atoms with Crippen LogP contribution in [0.5, 0.6) is 0 Å². The number of hydrogen-bond donors (Lipinski definition) is 2. The molecule has 0 aliphatic heterocycles. The van der Waals surface area contributed by atoms with E-state index in [0.29, 0.717) is 21.5 Å². The van der Waals surface area contributed by atoms with E-state index in [1.807, 2.05) is 0 Å². The molecule has 1 heterocycles. The number of anilines is 2. The number of nitrogens with two attached hydrogens (primary N) is 1. The number of nitrogens with one attached hydrogen (secondary N) is 1. The highest BCUT2D eigenvalue weighted by Crippen LogP contribution is 2.24. The Bertz CT molecular complexity index is 544. The summed E-state index contributed by atoms with van der Waals surface area (Å²) in [4.78, 5) is 19.7. The maximum Gasteiger partial charge on any atom is 0.258 e. The second-order valence-electron chi connectivity index (χ2n) is 3.25. The molecule has 0 atom stereocenters. The number of nitrogens with zero attached hydrogens (tertiary/aromatic N) is 2. The fraction of sp³-hybridized carbons (Fsp3) is 0. The molecule has 0 spiro atoms. The Morgan fingerprint density at radius 1 is 1.35 bits per heavy atom. The Morgan fingerprint density at radius 2 is 2.18 bits per heavy atom. The third kappa shape index (κ3) is 2.59. The SMILES string of the molecule is Nc1cccc(C(=O)Nc2cnccn2)c1Br. The Kier molecular flexibility index (Phi) is 3.34. The van der Waals surface area contributed by atoms with E-state index in [0.717, 1.165) is 0 Å². The van der Waals surface area contributed by atoms with Crippen molar-refractivity contribution in [3.63, 3.8) is 0 Å². The van der Waals surface area contributed by atoms with Crippen molar-refractivity contribution in [1.82, 2.24) is 9.97 Å². The van der Waals surface area contributed by atoms with Crippen molar-refractivity contribution in [2.45, 2.75) is 0 Å². The number of amides is 1. The van der Waals surface area contributed by atoms with E-state index >= 15 is 0 Å². The topological polar surface area (TPSA) is 80.9 Å². The fourth-order valence-corrected chi connectivity index (χ4v) is 1.72. The molecule has 0 aliphatic rings. The van der Waals surface area contributed by atoms with E-state index in [-0.39, 0.29) is 5.91 Å². The molecule has 2 aromatic rings. The van der Waals surface area contributed by atoms with Crippen LogP contribution in [-0.4, -0.2) is 15.9 Å². The first-order valence-corrected chi connectivity index (χ1v) is 5.59. The molecular weight excluding hydrogens is 284 g/mol. The lowest BCUT2D eigenvalue weighted by Crippen LogP contribution is -2.14. The predicted molar refractivity (Wildman–Crippen MR) is 68.5 cm³/mol. The van der Waals surface area contributed by atoms with Gasteiger partial charge in [0.05, 0.1) is 16.2 Å². The zero-order valence-corrected chi connectivity index (χ0v) is 10.3. The van der Waals surface area contributed by atoms with Crippen molar-refractivity contribution < 1.29 is 4.79 Å². The second kappa shape index (κ2) is 4.92. The summed E-state index contributed by atoms with van der Waals surface area (Å²) in [6, 6.07) is 5.10. The number of nitrogen functional groups attached to an aromatic ring is 1. The Balaban J connectivity index is 2.24. The van der Waals surface area contributed by atoms with Gasteiger partial charge in [-0.1, -0.05) is 6.07 Å². The van der Waals surface area contributed by atoms with E-state index in [1.54, 1.807) is 18.2 Å². The van der Waals surface area contributed by atoms with Gasteiger partial charge in [-0.15, -0.1) is 0 Å². The summed E-state index contributed by atoms with van der Waals surface area (Å²) in [6.45, 7) is 0. The van der Waals surface area contributed by atoms with Gasteiger partial charge in [0.1, 0.15) is 0 Å². The molecule has 0 unspecified atom stereocenters. The molecule has 2 rings (SSSR count). The van der Waals surface area contributed by atoms with Crippen molar-refractivity contribution in [2.24, 2.45) is 0 Å². The average Bonchev–Trinajstić information content (AvgIpc) is 2.34. The molecule has 1 amide bonds. The van der Waals surface area contributed by atoms with E-state index in [2.05, 4.69) is 31.2 Å². The van der Waals surface area contributed by atoms with Crippen molar-refractivity contribution in [1.29, 1.82) is 0 Å². The van der Waals surface area contributed by atoms with Crippen LogP contribution in [-0.2, 0) is 0 Å². The van der Waals surface area contributed by atoms with Crippen LogP contribution in [0.1, 0.15) is 10.4 Å². The van der Waals surface area contributed by atoms with Crippen molar-refractivity contribution in [3.05, 3.63) is 46.8 Å². The van der Waals surface area contributed by atoms with Crippen LogP contribution in [0.2, 0.25) is 0 Å². The molecule has 86 valence electrons. The monoisotopic (exact) mass is 292 g/mol. The standard InChI is InChI=1S/C11H9BrN4O/c12-10-7(2-1-3-8(10)13)11(17)16-9-6-14-4-5-15-9/h1-6H,13H2,(H,15,16,17). The zero-order valence-electron chi connectivity index (χ0n) is 8.72. The third-order valence-corrected chi connectivity index (χ3v) is 2.96. The van der Waals surface area contributed by atoms with Gasteiger partial charge in [0, 0.05) is 18.1 Å². The first kappa shape index (κ1) is 11.5.